The van der Waals surface area contributed by atoms with E-state index < -0.39 is 16.0 Å². The van der Waals surface area contributed by atoms with E-state index in [1.165, 1.54) is 38.4 Å². The fraction of sp³-hybridized carbons (Fsp3) is 0.400. The molecule has 0 atom stereocenters. The maximum atomic E-state index is 12.8. The van der Waals surface area contributed by atoms with Crippen LogP contribution in [-0.4, -0.2) is 39.9 Å². The molecule has 0 saturated heterocycles. The molecule has 0 amide bonds. The molecule has 0 aromatic heterocycles. The molecule has 0 saturated carbocycles. The van der Waals surface area contributed by atoms with Crippen LogP contribution in [-0.2, 0) is 10.2 Å². The zero-order valence-corrected chi connectivity index (χ0v) is 10.6. The molecule has 0 spiro atoms. The van der Waals surface area contributed by atoms with E-state index in [-0.39, 0.29) is 13.1 Å². The van der Waals surface area contributed by atoms with Crippen LogP contribution in [0.4, 0.5) is 10.1 Å². The van der Waals surface area contributed by atoms with Crippen molar-refractivity contribution >= 4 is 15.9 Å². The standard InChI is InChI=1S/C10H16FN3O2S/c1-13(2)17(15,16)14(8-7-12)10-5-3-9(11)4-6-10/h3-6H,7-8,12H2,1-2H3. The SMILES string of the molecule is CN(C)S(=O)(=O)N(CCN)c1ccc(F)cc1. The number of nitrogens with zero attached hydrogens (tertiary/aromatic N) is 2. The highest BCUT2D eigenvalue weighted by Crippen LogP contribution is 2.19. The predicted octanol–water partition coefficient (Wildman–Crippen LogP) is 0.397. The van der Waals surface area contributed by atoms with Gasteiger partial charge in [-0.15, -0.1) is 0 Å². The molecular formula is C10H16FN3O2S. The summed E-state index contributed by atoms with van der Waals surface area (Å²) >= 11 is 0. The van der Waals surface area contributed by atoms with Gasteiger partial charge < -0.3 is 5.73 Å². The van der Waals surface area contributed by atoms with E-state index in [1.54, 1.807) is 0 Å². The fourth-order valence-corrected chi connectivity index (χ4v) is 2.42. The highest BCUT2D eigenvalue weighted by molar-refractivity contribution is 7.90. The summed E-state index contributed by atoms with van der Waals surface area (Å²) in [5.41, 5.74) is 5.79. The molecule has 1 aromatic rings. The molecule has 17 heavy (non-hydrogen) atoms. The lowest BCUT2D eigenvalue weighted by Crippen LogP contribution is -2.42. The van der Waals surface area contributed by atoms with Gasteiger partial charge in [0, 0.05) is 27.2 Å². The number of halogens is 1. The van der Waals surface area contributed by atoms with Gasteiger partial charge in [-0.25, -0.2) is 4.39 Å². The van der Waals surface area contributed by atoms with Gasteiger partial charge in [0.15, 0.2) is 0 Å². The van der Waals surface area contributed by atoms with Crippen LogP contribution in [0.2, 0.25) is 0 Å². The highest BCUT2D eigenvalue weighted by atomic mass is 32.2. The lowest BCUT2D eigenvalue weighted by Gasteiger charge is -2.26. The summed E-state index contributed by atoms with van der Waals surface area (Å²) in [6.07, 6.45) is 0. The number of rotatable bonds is 5. The molecule has 0 bridgehead atoms. The first-order chi connectivity index (χ1) is 7.89. The summed E-state index contributed by atoms with van der Waals surface area (Å²) < 4.78 is 39.0. The van der Waals surface area contributed by atoms with Crippen molar-refractivity contribution in [2.75, 3.05) is 31.5 Å². The summed E-state index contributed by atoms with van der Waals surface area (Å²) in [5, 5.41) is 0. The van der Waals surface area contributed by atoms with Crippen LogP contribution in [0.3, 0.4) is 0 Å². The molecular weight excluding hydrogens is 245 g/mol. The zero-order valence-electron chi connectivity index (χ0n) is 9.80. The maximum Gasteiger partial charge on any atom is 0.303 e. The van der Waals surface area contributed by atoms with Crippen molar-refractivity contribution < 1.29 is 12.8 Å². The monoisotopic (exact) mass is 261 g/mol. The van der Waals surface area contributed by atoms with Gasteiger partial charge in [0.2, 0.25) is 0 Å². The molecule has 2 N–H and O–H groups in total. The van der Waals surface area contributed by atoms with E-state index in [2.05, 4.69) is 0 Å². The topological polar surface area (TPSA) is 66.6 Å². The molecule has 7 heteroatoms. The van der Waals surface area contributed by atoms with Crippen molar-refractivity contribution in [3.05, 3.63) is 30.1 Å². The third kappa shape index (κ3) is 3.15. The van der Waals surface area contributed by atoms with Crippen LogP contribution in [0.5, 0.6) is 0 Å². The quantitative estimate of drug-likeness (QED) is 0.834. The first-order valence-corrected chi connectivity index (χ1v) is 6.45. The first-order valence-electron chi connectivity index (χ1n) is 5.05. The normalized spacial score (nSPS) is 11.8. The lowest BCUT2D eigenvalue weighted by molar-refractivity contribution is 0.515. The molecule has 0 aliphatic carbocycles. The van der Waals surface area contributed by atoms with E-state index >= 15 is 0 Å². The molecule has 0 fully saturated rings. The lowest BCUT2D eigenvalue weighted by atomic mass is 10.3. The Morgan fingerprint density at radius 3 is 2.18 bits per heavy atom. The van der Waals surface area contributed by atoms with E-state index in [0.29, 0.717) is 5.69 Å². The van der Waals surface area contributed by atoms with Crippen LogP contribution < -0.4 is 10.0 Å². The van der Waals surface area contributed by atoms with Gasteiger partial charge >= 0.3 is 10.2 Å². The predicted molar refractivity (Wildman–Crippen MR) is 65.4 cm³/mol. The van der Waals surface area contributed by atoms with Gasteiger partial charge in [0.05, 0.1) is 5.69 Å². The van der Waals surface area contributed by atoms with Gasteiger partial charge in [-0.1, -0.05) is 0 Å². The van der Waals surface area contributed by atoms with Crippen molar-refractivity contribution in [2.45, 2.75) is 0 Å². The Morgan fingerprint density at radius 2 is 1.76 bits per heavy atom. The van der Waals surface area contributed by atoms with Crippen LogP contribution in [0, 0.1) is 5.82 Å². The van der Waals surface area contributed by atoms with Crippen molar-refractivity contribution in [3.8, 4) is 0 Å². The number of benzene rings is 1. The van der Waals surface area contributed by atoms with Crippen LogP contribution in [0.15, 0.2) is 24.3 Å². The molecule has 0 aliphatic heterocycles. The summed E-state index contributed by atoms with van der Waals surface area (Å²) in [6.45, 7) is 0.330. The van der Waals surface area contributed by atoms with E-state index in [0.717, 1.165) is 8.61 Å². The Hall–Kier alpha value is -1.18. The molecule has 0 heterocycles. The van der Waals surface area contributed by atoms with Crippen molar-refractivity contribution in [3.63, 3.8) is 0 Å². The van der Waals surface area contributed by atoms with E-state index in [9.17, 15) is 12.8 Å². The van der Waals surface area contributed by atoms with Crippen molar-refractivity contribution in [1.82, 2.24) is 4.31 Å². The Morgan fingerprint density at radius 1 is 1.24 bits per heavy atom. The number of nitrogens with two attached hydrogens (primary N) is 1. The van der Waals surface area contributed by atoms with Gasteiger partial charge in [-0.05, 0) is 24.3 Å². The number of hydrogen-bond acceptors (Lipinski definition) is 3. The average molecular weight is 261 g/mol. The molecule has 0 aliphatic rings. The minimum absolute atomic E-state index is 0.145. The smallest absolute Gasteiger partial charge is 0.303 e. The Bertz CT molecular complexity index is 459. The van der Waals surface area contributed by atoms with Crippen LogP contribution in [0.25, 0.3) is 0 Å². The number of anilines is 1. The molecule has 5 nitrogen and oxygen atoms in total. The second-order valence-corrected chi connectivity index (χ2v) is 5.69. The summed E-state index contributed by atoms with van der Waals surface area (Å²) in [4.78, 5) is 0. The summed E-state index contributed by atoms with van der Waals surface area (Å²) in [5.74, 6) is -0.413. The van der Waals surface area contributed by atoms with Crippen LogP contribution in [0.1, 0.15) is 0 Å². The second-order valence-electron chi connectivity index (χ2n) is 3.63. The Labute approximate surface area is 101 Å². The van der Waals surface area contributed by atoms with Gasteiger partial charge in [-0.3, -0.25) is 4.31 Å². The Balaban J connectivity index is 3.14. The van der Waals surface area contributed by atoms with E-state index in [4.69, 9.17) is 5.73 Å². The molecule has 0 unspecified atom stereocenters. The zero-order chi connectivity index (χ0) is 13.1. The number of hydrogen-bond donors (Lipinski definition) is 1. The fourth-order valence-electron chi connectivity index (χ4n) is 1.30. The van der Waals surface area contributed by atoms with Crippen LogP contribution >= 0.6 is 0 Å². The van der Waals surface area contributed by atoms with E-state index in [1.807, 2.05) is 0 Å². The summed E-state index contributed by atoms with van der Waals surface area (Å²) in [6, 6.07) is 5.24. The molecule has 1 rings (SSSR count). The summed E-state index contributed by atoms with van der Waals surface area (Å²) in [7, 11) is -0.737. The maximum absolute atomic E-state index is 12.8. The molecule has 0 radical (unpaired) electrons. The third-order valence-electron chi connectivity index (χ3n) is 2.19. The second kappa shape index (κ2) is 5.44. The first kappa shape index (κ1) is 13.9. The molecule has 96 valence electrons. The Kier molecular flexibility index (Phi) is 4.44. The third-order valence-corrected chi connectivity index (χ3v) is 4.06. The highest BCUT2D eigenvalue weighted by Gasteiger charge is 2.24. The van der Waals surface area contributed by atoms with Gasteiger partial charge in [0.25, 0.3) is 0 Å². The molecule has 1 aromatic carbocycles. The average Bonchev–Trinajstić information content (AvgIpc) is 2.27. The minimum Gasteiger partial charge on any atom is -0.329 e. The minimum atomic E-state index is -3.60. The van der Waals surface area contributed by atoms with Gasteiger partial charge in [0.1, 0.15) is 5.82 Å². The van der Waals surface area contributed by atoms with Crippen molar-refractivity contribution in [2.24, 2.45) is 5.73 Å². The van der Waals surface area contributed by atoms with Gasteiger partial charge in [-0.2, -0.15) is 12.7 Å². The largest absolute Gasteiger partial charge is 0.329 e. The van der Waals surface area contributed by atoms with Crippen molar-refractivity contribution in [1.29, 1.82) is 0 Å².